The molecule has 2 N–H and O–H groups in total. The lowest BCUT2D eigenvalue weighted by Gasteiger charge is -2.18. The van der Waals surface area contributed by atoms with Crippen molar-refractivity contribution >= 4 is 11.3 Å². The Labute approximate surface area is 129 Å². The molecule has 0 atom stereocenters. The smallest absolute Gasteiger partial charge is 0.228 e. The number of hydrogen-bond donors (Lipinski definition) is 1. The van der Waals surface area contributed by atoms with Gasteiger partial charge in [-0.25, -0.2) is 0 Å². The molecule has 1 aliphatic rings. The maximum atomic E-state index is 5.50. The molecule has 0 bridgehead atoms. The van der Waals surface area contributed by atoms with Gasteiger partial charge < -0.3 is 10.3 Å². The van der Waals surface area contributed by atoms with E-state index >= 15 is 0 Å². The zero-order valence-corrected chi connectivity index (χ0v) is 13.1. The molecular formula is C15H22N4OS. The maximum absolute atomic E-state index is 5.50. The highest BCUT2D eigenvalue weighted by Gasteiger charge is 2.13. The average Bonchev–Trinajstić information content (AvgIpc) is 3.05. The minimum atomic E-state index is 0.534. The quantitative estimate of drug-likeness (QED) is 0.920. The van der Waals surface area contributed by atoms with Crippen LogP contribution in [0.5, 0.6) is 0 Å². The standard InChI is InChI=1S/C15H22N4OS/c16-8-7-14-17-15(18-20-14)13-6-5-12(21-13)11-19-9-3-1-2-4-10-19/h5-6H,1-4,7-11,16H2. The van der Waals surface area contributed by atoms with Crippen molar-refractivity contribution in [1.82, 2.24) is 15.0 Å². The first-order valence-corrected chi connectivity index (χ1v) is 8.51. The molecule has 1 aliphatic heterocycles. The monoisotopic (exact) mass is 306 g/mol. The van der Waals surface area contributed by atoms with Crippen molar-refractivity contribution in [3.8, 4) is 10.7 Å². The second kappa shape index (κ2) is 7.15. The summed E-state index contributed by atoms with van der Waals surface area (Å²) in [5, 5.41) is 4.04. The molecule has 5 nitrogen and oxygen atoms in total. The summed E-state index contributed by atoms with van der Waals surface area (Å²) in [4.78, 5) is 9.39. The van der Waals surface area contributed by atoms with Gasteiger partial charge in [0.05, 0.1) is 4.88 Å². The van der Waals surface area contributed by atoms with Crippen LogP contribution >= 0.6 is 11.3 Å². The van der Waals surface area contributed by atoms with Crippen molar-refractivity contribution in [3.63, 3.8) is 0 Å². The molecule has 114 valence electrons. The largest absolute Gasteiger partial charge is 0.339 e. The van der Waals surface area contributed by atoms with Crippen molar-refractivity contribution < 1.29 is 4.52 Å². The van der Waals surface area contributed by atoms with Crippen molar-refractivity contribution in [1.29, 1.82) is 0 Å². The minimum absolute atomic E-state index is 0.534. The molecular weight excluding hydrogens is 284 g/mol. The van der Waals surface area contributed by atoms with Gasteiger partial charge in [-0.2, -0.15) is 4.98 Å². The van der Waals surface area contributed by atoms with Gasteiger partial charge in [-0.1, -0.05) is 18.0 Å². The topological polar surface area (TPSA) is 68.2 Å². The first-order chi connectivity index (χ1) is 10.3. The van der Waals surface area contributed by atoms with E-state index in [0.29, 0.717) is 24.7 Å². The molecule has 6 heteroatoms. The van der Waals surface area contributed by atoms with Gasteiger partial charge in [0, 0.05) is 24.4 Å². The fourth-order valence-corrected chi connectivity index (χ4v) is 3.65. The van der Waals surface area contributed by atoms with E-state index in [9.17, 15) is 0 Å². The van der Waals surface area contributed by atoms with Crippen molar-refractivity contribution in [2.45, 2.75) is 38.6 Å². The number of likely N-dealkylation sites (tertiary alicyclic amines) is 1. The SMILES string of the molecule is NCCc1nc(-c2ccc(CN3CCCCCC3)s2)no1. The molecule has 0 saturated carbocycles. The summed E-state index contributed by atoms with van der Waals surface area (Å²) in [7, 11) is 0. The Kier molecular flexibility index (Phi) is 5.00. The zero-order chi connectivity index (χ0) is 14.5. The van der Waals surface area contributed by atoms with Gasteiger partial charge in [-0.15, -0.1) is 11.3 Å². The van der Waals surface area contributed by atoms with Crippen LogP contribution < -0.4 is 5.73 Å². The number of aromatic nitrogens is 2. The summed E-state index contributed by atoms with van der Waals surface area (Å²) in [5.41, 5.74) is 5.50. The first kappa shape index (κ1) is 14.7. The lowest BCUT2D eigenvalue weighted by atomic mass is 10.2. The Morgan fingerprint density at radius 2 is 2.00 bits per heavy atom. The lowest BCUT2D eigenvalue weighted by molar-refractivity contribution is 0.279. The Hall–Kier alpha value is -1.24. The second-order valence-electron chi connectivity index (χ2n) is 5.51. The fraction of sp³-hybridized carbons (Fsp3) is 0.600. The van der Waals surface area contributed by atoms with E-state index in [2.05, 4.69) is 27.2 Å². The van der Waals surface area contributed by atoms with E-state index < -0.39 is 0 Å². The van der Waals surface area contributed by atoms with Gasteiger partial charge in [-0.3, -0.25) is 4.90 Å². The molecule has 0 aromatic carbocycles. The molecule has 0 spiro atoms. The number of rotatable bonds is 5. The van der Waals surface area contributed by atoms with Crippen LogP contribution in [0.1, 0.15) is 36.5 Å². The van der Waals surface area contributed by atoms with Gasteiger partial charge in [0.15, 0.2) is 0 Å². The summed E-state index contributed by atoms with van der Waals surface area (Å²) in [6, 6.07) is 4.28. The number of hydrogen-bond acceptors (Lipinski definition) is 6. The van der Waals surface area contributed by atoms with E-state index in [4.69, 9.17) is 10.3 Å². The summed E-state index contributed by atoms with van der Waals surface area (Å²) in [6.45, 7) is 4.01. The third-order valence-electron chi connectivity index (χ3n) is 3.79. The second-order valence-corrected chi connectivity index (χ2v) is 6.68. The van der Waals surface area contributed by atoms with Crippen LogP contribution in [0, 0.1) is 0 Å². The van der Waals surface area contributed by atoms with Crippen molar-refractivity contribution in [3.05, 3.63) is 22.9 Å². The van der Waals surface area contributed by atoms with E-state index in [0.717, 1.165) is 11.4 Å². The van der Waals surface area contributed by atoms with E-state index in [-0.39, 0.29) is 0 Å². The molecule has 1 saturated heterocycles. The first-order valence-electron chi connectivity index (χ1n) is 7.69. The summed E-state index contributed by atoms with van der Waals surface area (Å²) >= 11 is 1.76. The van der Waals surface area contributed by atoms with Gasteiger partial charge in [-0.05, 0) is 38.1 Å². The number of nitrogens with two attached hydrogens (primary N) is 1. The van der Waals surface area contributed by atoms with E-state index in [1.54, 1.807) is 11.3 Å². The van der Waals surface area contributed by atoms with Gasteiger partial charge >= 0.3 is 0 Å². The Bertz CT molecular complexity index is 558. The summed E-state index contributed by atoms with van der Waals surface area (Å²) < 4.78 is 5.19. The predicted molar refractivity (Wildman–Crippen MR) is 84.1 cm³/mol. The molecule has 2 aromatic heterocycles. The zero-order valence-electron chi connectivity index (χ0n) is 12.3. The highest BCUT2D eigenvalue weighted by molar-refractivity contribution is 7.15. The molecule has 0 amide bonds. The molecule has 1 fully saturated rings. The van der Waals surface area contributed by atoms with Gasteiger partial charge in [0.25, 0.3) is 0 Å². The molecule has 0 aliphatic carbocycles. The van der Waals surface area contributed by atoms with Gasteiger partial charge in [0.2, 0.25) is 11.7 Å². The van der Waals surface area contributed by atoms with E-state index in [1.165, 1.54) is 43.6 Å². The maximum Gasteiger partial charge on any atom is 0.228 e. The van der Waals surface area contributed by atoms with Crippen LogP contribution in [0.4, 0.5) is 0 Å². The fourth-order valence-electron chi connectivity index (χ4n) is 2.68. The third-order valence-corrected chi connectivity index (χ3v) is 4.85. The summed E-state index contributed by atoms with van der Waals surface area (Å²) in [6.07, 6.45) is 6.04. The van der Waals surface area contributed by atoms with Crippen molar-refractivity contribution in [2.24, 2.45) is 5.73 Å². The Morgan fingerprint density at radius 1 is 1.19 bits per heavy atom. The third kappa shape index (κ3) is 3.90. The molecule has 3 heterocycles. The van der Waals surface area contributed by atoms with Crippen LogP contribution in [-0.4, -0.2) is 34.7 Å². The lowest BCUT2D eigenvalue weighted by Crippen LogP contribution is -2.23. The normalized spacial score (nSPS) is 17.0. The number of nitrogens with zero attached hydrogens (tertiary/aromatic N) is 3. The van der Waals surface area contributed by atoms with Crippen LogP contribution in [0.15, 0.2) is 16.7 Å². The van der Waals surface area contributed by atoms with E-state index in [1.807, 2.05) is 0 Å². The Balaban J connectivity index is 1.64. The average molecular weight is 306 g/mol. The number of thiophene rings is 1. The van der Waals surface area contributed by atoms with Crippen LogP contribution in [0.25, 0.3) is 10.7 Å². The van der Waals surface area contributed by atoms with Crippen LogP contribution in [-0.2, 0) is 13.0 Å². The molecule has 3 rings (SSSR count). The molecule has 21 heavy (non-hydrogen) atoms. The Morgan fingerprint density at radius 3 is 2.76 bits per heavy atom. The van der Waals surface area contributed by atoms with Crippen molar-refractivity contribution in [2.75, 3.05) is 19.6 Å². The predicted octanol–water partition coefficient (Wildman–Crippen LogP) is 2.68. The molecule has 2 aromatic rings. The molecule has 0 unspecified atom stereocenters. The summed E-state index contributed by atoms with van der Waals surface area (Å²) in [5.74, 6) is 1.31. The van der Waals surface area contributed by atoms with Gasteiger partial charge in [0.1, 0.15) is 0 Å². The molecule has 0 radical (unpaired) electrons. The van der Waals surface area contributed by atoms with Crippen LogP contribution in [0.3, 0.4) is 0 Å². The minimum Gasteiger partial charge on any atom is -0.339 e. The van der Waals surface area contributed by atoms with Crippen LogP contribution in [0.2, 0.25) is 0 Å². The highest BCUT2D eigenvalue weighted by atomic mass is 32.1. The highest BCUT2D eigenvalue weighted by Crippen LogP contribution is 2.27.